The van der Waals surface area contributed by atoms with Crippen LogP contribution in [0.3, 0.4) is 0 Å². The van der Waals surface area contributed by atoms with E-state index in [1.807, 2.05) is 17.0 Å². The number of likely N-dealkylation sites (N-methyl/N-ethyl adjacent to an activating group) is 1. The lowest BCUT2D eigenvalue weighted by Crippen LogP contribution is -2.43. The van der Waals surface area contributed by atoms with Crippen molar-refractivity contribution in [3.63, 3.8) is 0 Å². The molecule has 0 spiro atoms. The molecule has 0 unspecified atom stereocenters. The molecule has 0 aromatic heterocycles. The van der Waals surface area contributed by atoms with Gasteiger partial charge in [-0.25, -0.2) is 13.1 Å². The molecule has 0 aliphatic carbocycles. The molecule has 2 aromatic carbocycles. The van der Waals surface area contributed by atoms with Gasteiger partial charge in [0.15, 0.2) is 0 Å². The highest BCUT2D eigenvalue weighted by molar-refractivity contribution is 7.89. The SMILES string of the molecule is CNS(=O)(=O)c1ccc(CCC(=O)N2Cc3ccccc3NCC[C@@H]3CC[C@H](C2)N3C)cc1. The Kier molecular flexibility index (Phi) is 7.36. The van der Waals surface area contributed by atoms with Gasteiger partial charge in [0.1, 0.15) is 0 Å². The van der Waals surface area contributed by atoms with Crippen LogP contribution in [0, 0.1) is 0 Å². The largest absolute Gasteiger partial charge is 0.385 e. The van der Waals surface area contributed by atoms with Gasteiger partial charge in [0.05, 0.1) is 4.90 Å². The third-order valence-electron chi connectivity index (χ3n) is 7.07. The summed E-state index contributed by atoms with van der Waals surface area (Å²) in [4.78, 5) is 18.1. The lowest BCUT2D eigenvalue weighted by atomic mass is 10.1. The predicted molar refractivity (Wildman–Crippen MR) is 131 cm³/mol. The summed E-state index contributed by atoms with van der Waals surface area (Å²) in [6.45, 7) is 2.27. The Morgan fingerprint density at radius 3 is 2.55 bits per heavy atom. The monoisotopic (exact) mass is 470 g/mol. The summed E-state index contributed by atoms with van der Waals surface area (Å²) in [6.07, 6.45) is 4.38. The number of rotatable bonds is 5. The first-order valence-corrected chi connectivity index (χ1v) is 13.2. The number of sulfonamides is 1. The average Bonchev–Trinajstić information content (AvgIpc) is 3.15. The maximum absolute atomic E-state index is 13.4. The highest BCUT2D eigenvalue weighted by Gasteiger charge is 2.33. The molecule has 2 aliphatic heterocycles. The molecule has 0 radical (unpaired) electrons. The van der Waals surface area contributed by atoms with E-state index >= 15 is 0 Å². The van der Waals surface area contributed by atoms with Crippen molar-refractivity contribution in [1.82, 2.24) is 14.5 Å². The third-order valence-corrected chi connectivity index (χ3v) is 8.50. The second-order valence-corrected chi connectivity index (χ2v) is 10.9. The molecular weight excluding hydrogens is 436 g/mol. The molecule has 1 fully saturated rings. The van der Waals surface area contributed by atoms with Crippen LogP contribution in [0.1, 0.15) is 36.8 Å². The quantitative estimate of drug-likeness (QED) is 0.702. The molecular formula is C25H34N4O3S. The minimum atomic E-state index is -3.45. The molecule has 2 N–H and O–H groups in total. The van der Waals surface area contributed by atoms with Gasteiger partial charge in [-0.05, 0) is 69.1 Å². The number of hydrogen-bond donors (Lipinski definition) is 2. The zero-order valence-corrected chi connectivity index (χ0v) is 20.3. The standard InChI is InChI=1S/C25H34N4O3S/c1-26-33(31,32)23-12-7-19(8-13-23)9-14-25(30)29-17-20-5-3-4-6-24(20)27-16-15-21-10-11-22(18-29)28(21)2/h3-8,12-13,21-22,26-27H,9-11,14-18H2,1-2H3/t21-,22+/m0/s1. The van der Waals surface area contributed by atoms with E-state index in [-0.39, 0.29) is 10.8 Å². The van der Waals surface area contributed by atoms with E-state index in [0.29, 0.717) is 31.5 Å². The van der Waals surface area contributed by atoms with Gasteiger partial charge in [0, 0.05) is 43.8 Å². The Morgan fingerprint density at radius 2 is 1.79 bits per heavy atom. The van der Waals surface area contributed by atoms with Crippen LogP contribution in [-0.4, -0.2) is 63.4 Å². The first kappa shape index (κ1) is 23.7. The highest BCUT2D eigenvalue weighted by atomic mass is 32.2. The first-order chi connectivity index (χ1) is 15.9. The van der Waals surface area contributed by atoms with Gasteiger partial charge in [-0.1, -0.05) is 30.3 Å². The number of carbonyl (C=O) groups is 1. The van der Waals surface area contributed by atoms with E-state index < -0.39 is 10.0 Å². The van der Waals surface area contributed by atoms with Crippen molar-refractivity contribution in [3.8, 4) is 0 Å². The van der Waals surface area contributed by atoms with Crippen LogP contribution in [0.5, 0.6) is 0 Å². The number of amides is 1. The van der Waals surface area contributed by atoms with Crippen molar-refractivity contribution in [1.29, 1.82) is 0 Å². The van der Waals surface area contributed by atoms with E-state index in [4.69, 9.17) is 0 Å². The van der Waals surface area contributed by atoms with Crippen LogP contribution in [0.15, 0.2) is 53.4 Å². The van der Waals surface area contributed by atoms with E-state index in [1.165, 1.54) is 13.5 Å². The fourth-order valence-electron chi connectivity index (χ4n) is 4.94. The molecule has 8 heteroatoms. The Morgan fingerprint density at radius 1 is 1.06 bits per heavy atom. The second kappa shape index (κ2) is 10.2. The van der Waals surface area contributed by atoms with Crippen molar-refractivity contribution >= 4 is 21.6 Å². The van der Waals surface area contributed by atoms with Crippen molar-refractivity contribution < 1.29 is 13.2 Å². The molecule has 178 valence electrons. The lowest BCUT2D eigenvalue weighted by molar-refractivity contribution is -0.132. The van der Waals surface area contributed by atoms with Gasteiger partial charge < -0.3 is 10.2 Å². The summed E-state index contributed by atoms with van der Waals surface area (Å²) in [5.74, 6) is 0.132. The smallest absolute Gasteiger partial charge is 0.240 e. The van der Waals surface area contributed by atoms with E-state index in [2.05, 4.69) is 34.1 Å². The molecule has 1 amide bonds. The summed E-state index contributed by atoms with van der Waals surface area (Å²) in [7, 11) is 0.134. The highest BCUT2D eigenvalue weighted by Crippen LogP contribution is 2.28. The zero-order valence-electron chi connectivity index (χ0n) is 19.5. The molecule has 7 nitrogen and oxygen atoms in total. The van der Waals surface area contributed by atoms with Gasteiger partial charge in [-0.15, -0.1) is 0 Å². The molecule has 2 heterocycles. The topological polar surface area (TPSA) is 81.8 Å². The minimum Gasteiger partial charge on any atom is -0.385 e. The number of aryl methyl sites for hydroxylation is 1. The normalized spacial score (nSPS) is 21.7. The Labute approximate surface area is 197 Å². The summed E-state index contributed by atoms with van der Waals surface area (Å²) < 4.78 is 26.2. The van der Waals surface area contributed by atoms with Crippen LogP contribution in [0.25, 0.3) is 0 Å². The fraction of sp³-hybridized carbons (Fsp3) is 0.480. The van der Waals surface area contributed by atoms with Gasteiger partial charge in [-0.2, -0.15) is 0 Å². The van der Waals surface area contributed by atoms with Gasteiger partial charge in [0.2, 0.25) is 15.9 Å². The zero-order chi connectivity index (χ0) is 23.4. The fourth-order valence-corrected chi connectivity index (χ4v) is 5.67. The third kappa shape index (κ3) is 5.57. The van der Waals surface area contributed by atoms with Crippen LogP contribution in [0.4, 0.5) is 5.69 Å². The van der Waals surface area contributed by atoms with Crippen molar-refractivity contribution in [2.45, 2.75) is 55.6 Å². The summed E-state index contributed by atoms with van der Waals surface area (Å²) >= 11 is 0. The van der Waals surface area contributed by atoms with Gasteiger partial charge in [0.25, 0.3) is 0 Å². The summed E-state index contributed by atoms with van der Waals surface area (Å²) in [5, 5.41) is 3.58. The first-order valence-electron chi connectivity index (χ1n) is 11.7. The molecule has 0 saturated carbocycles. The second-order valence-electron chi connectivity index (χ2n) is 9.05. The van der Waals surface area contributed by atoms with Crippen molar-refractivity contribution in [2.75, 3.05) is 32.5 Å². The minimum absolute atomic E-state index is 0.132. The molecule has 1 saturated heterocycles. The maximum Gasteiger partial charge on any atom is 0.240 e. The Bertz CT molecular complexity index is 1070. The van der Waals surface area contributed by atoms with Crippen LogP contribution >= 0.6 is 0 Å². The molecule has 2 bridgehead atoms. The van der Waals surface area contributed by atoms with Crippen molar-refractivity contribution in [3.05, 3.63) is 59.7 Å². The molecule has 33 heavy (non-hydrogen) atoms. The van der Waals surface area contributed by atoms with Gasteiger partial charge in [-0.3, -0.25) is 9.69 Å². The Hall–Kier alpha value is -2.42. The lowest BCUT2D eigenvalue weighted by Gasteiger charge is -2.31. The number of para-hydroxylation sites is 1. The molecule has 2 aromatic rings. The van der Waals surface area contributed by atoms with E-state index in [1.54, 1.807) is 24.3 Å². The van der Waals surface area contributed by atoms with Crippen LogP contribution in [-0.2, 0) is 27.8 Å². The van der Waals surface area contributed by atoms with E-state index in [0.717, 1.165) is 42.7 Å². The maximum atomic E-state index is 13.4. The molecule has 2 aliphatic rings. The van der Waals surface area contributed by atoms with Crippen LogP contribution in [0.2, 0.25) is 0 Å². The molecule has 4 rings (SSSR count). The number of anilines is 1. The average molecular weight is 471 g/mol. The van der Waals surface area contributed by atoms with Crippen molar-refractivity contribution in [2.24, 2.45) is 0 Å². The summed E-state index contributed by atoms with van der Waals surface area (Å²) in [6, 6.07) is 16.0. The number of nitrogens with one attached hydrogen (secondary N) is 2. The predicted octanol–water partition coefficient (Wildman–Crippen LogP) is 2.83. The number of hydrogen-bond acceptors (Lipinski definition) is 5. The summed E-state index contributed by atoms with van der Waals surface area (Å²) in [5.41, 5.74) is 3.21. The molecule has 2 atom stereocenters. The number of fused-ring (bicyclic) bond motifs is 3. The number of nitrogens with zero attached hydrogens (tertiary/aromatic N) is 2. The Balaban J connectivity index is 1.48. The van der Waals surface area contributed by atoms with Gasteiger partial charge >= 0.3 is 0 Å². The van der Waals surface area contributed by atoms with Crippen LogP contribution < -0.4 is 10.0 Å². The number of carbonyl (C=O) groups excluding carboxylic acids is 1. The van der Waals surface area contributed by atoms with E-state index in [9.17, 15) is 13.2 Å². The number of benzene rings is 2.